The molecule has 3 N–H and O–H groups in total. The highest BCUT2D eigenvalue weighted by Crippen LogP contribution is 2.28. The fraction of sp³-hybridized carbons (Fsp3) is 0.433. The molecule has 2 aromatic carbocycles. The van der Waals surface area contributed by atoms with Gasteiger partial charge in [0.2, 0.25) is 0 Å². The molecular formula is C30H36N2O6. The van der Waals surface area contributed by atoms with E-state index in [1.807, 2.05) is 42.5 Å². The minimum atomic E-state index is -1.11. The smallest absolute Gasteiger partial charge is 0.408 e. The van der Waals surface area contributed by atoms with Gasteiger partial charge in [-0.1, -0.05) is 48.2 Å². The number of alkyl carbamates (subject to hydrolysis) is 2. The molecule has 0 saturated heterocycles. The van der Waals surface area contributed by atoms with Gasteiger partial charge in [-0.05, 0) is 74.8 Å². The maximum absolute atomic E-state index is 12.2. The second-order valence-electron chi connectivity index (χ2n) is 10.2. The van der Waals surface area contributed by atoms with Gasteiger partial charge in [0.05, 0.1) is 0 Å². The van der Waals surface area contributed by atoms with Crippen LogP contribution in [0.25, 0.3) is 0 Å². The quantitative estimate of drug-likeness (QED) is 0.342. The number of nitrogens with one attached hydrogen (secondary N) is 2. The highest BCUT2D eigenvalue weighted by molar-refractivity contribution is 5.80. The van der Waals surface area contributed by atoms with Crippen LogP contribution >= 0.6 is 0 Å². The molecule has 0 saturated carbocycles. The van der Waals surface area contributed by atoms with Crippen molar-refractivity contribution in [2.75, 3.05) is 6.54 Å². The lowest BCUT2D eigenvalue weighted by molar-refractivity contribution is -0.139. The zero-order valence-electron chi connectivity index (χ0n) is 22.3. The SMILES string of the molecule is CC(C)(C)OC(=O)N[C@@H](Cc1ccc(C#CCCNC(=O)OCc2ccccc2)c2c1CCCC2)C(=O)O. The summed E-state index contributed by atoms with van der Waals surface area (Å²) in [5, 5.41) is 14.9. The number of carboxylic acids is 1. The zero-order chi connectivity index (χ0) is 27.5. The standard InChI is InChI=1S/C30H36N2O6/c1-30(2,3)38-29(36)32-26(27(33)34)19-23-17-16-22(24-14-7-8-15-25(23)24)13-9-10-18-31-28(35)37-20-21-11-5-4-6-12-21/h4-6,11-12,16-17,26H,7-8,10,14-15,18-20H2,1-3H3,(H,31,35)(H,32,36)(H,33,34)/t26-/m0/s1. The van der Waals surface area contributed by atoms with Gasteiger partial charge in [-0.3, -0.25) is 0 Å². The van der Waals surface area contributed by atoms with Gasteiger partial charge in [0.15, 0.2) is 0 Å². The molecule has 0 heterocycles. The summed E-state index contributed by atoms with van der Waals surface area (Å²) in [4.78, 5) is 35.9. The number of benzene rings is 2. The predicted molar refractivity (Wildman–Crippen MR) is 144 cm³/mol. The van der Waals surface area contributed by atoms with Crippen LogP contribution in [0.5, 0.6) is 0 Å². The monoisotopic (exact) mass is 520 g/mol. The third-order valence-corrected chi connectivity index (χ3v) is 6.00. The van der Waals surface area contributed by atoms with Crippen LogP contribution in [-0.2, 0) is 40.1 Å². The van der Waals surface area contributed by atoms with Crippen molar-refractivity contribution in [3.63, 3.8) is 0 Å². The van der Waals surface area contributed by atoms with Crippen LogP contribution < -0.4 is 10.6 Å². The van der Waals surface area contributed by atoms with E-state index in [1.165, 1.54) is 0 Å². The molecule has 1 aliphatic rings. The van der Waals surface area contributed by atoms with Crippen molar-refractivity contribution in [1.29, 1.82) is 0 Å². The molecule has 0 unspecified atom stereocenters. The largest absolute Gasteiger partial charge is 0.480 e. The van der Waals surface area contributed by atoms with Gasteiger partial charge in [-0.15, -0.1) is 0 Å². The first-order chi connectivity index (χ1) is 18.1. The average molecular weight is 521 g/mol. The molecule has 0 radical (unpaired) electrons. The number of hydrogen-bond donors (Lipinski definition) is 3. The van der Waals surface area contributed by atoms with E-state index >= 15 is 0 Å². The Hall–Kier alpha value is -3.99. The molecule has 0 fully saturated rings. The lowest BCUT2D eigenvalue weighted by Crippen LogP contribution is -2.44. The zero-order valence-corrected chi connectivity index (χ0v) is 22.3. The number of ether oxygens (including phenoxy) is 2. The molecule has 2 amide bonds. The lowest BCUT2D eigenvalue weighted by atomic mass is 9.83. The highest BCUT2D eigenvalue weighted by atomic mass is 16.6. The number of aliphatic carboxylic acids is 1. The number of carboxylic acid groups (broad SMARTS) is 1. The van der Waals surface area contributed by atoms with E-state index in [2.05, 4.69) is 22.5 Å². The fourth-order valence-electron chi connectivity index (χ4n) is 4.28. The molecule has 8 nitrogen and oxygen atoms in total. The molecule has 0 spiro atoms. The first-order valence-electron chi connectivity index (χ1n) is 12.9. The minimum Gasteiger partial charge on any atom is -0.480 e. The van der Waals surface area contributed by atoms with Gasteiger partial charge in [-0.25, -0.2) is 14.4 Å². The van der Waals surface area contributed by atoms with Crippen molar-refractivity contribution in [3.05, 3.63) is 70.3 Å². The van der Waals surface area contributed by atoms with Crippen LogP contribution in [0, 0.1) is 11.8 Å². The van der Waals surface area contributed by atoms with E-state index < -0.39 is 29.8 Å². The van der Waals surface area contributed by atoms with Crippen LogP contribution in [-0.4, -0.2) is 41.4 Å². The van der Waals surface area contributed by atoms with Crippen molar-refractivity contribution in [2.45, 2.75) is 77.5 Å². The van der Waals surface area contributed by atoms with E-state index in [1.54, 1.807) is 20.8 Å². The second kappa shape index (κ2) is 13.5. The lowest BCUT2D eigenvalue weighted by Gasteiger charge is -2.24. The molecule has 1 aliphatic carbocycles. The number of hydrogen-bond acceptors (Lipinski definition) is 5. The topological polar surface area (TPSA) is 114 Å². The summed E-state index contributed by atoms with van der Waals surface area (Å²) < 4.78 is 10.4. The molecule has 0 aliphatic heterocycles. The minimum absolute atomic E-state index is 0.166. The maximum Gasteiger partial charge on any atom is 0.408 e. The van der Waals surface area contributed by atoms with Crippen LogP contribution in [0.1, 0.15) is 67.9 Å². The van der Waals surface area contributed by atoms with E-state index in [0.29, 0.717) is 13.0 Å². The number of amides is 2. The highest BCUT2D eigenvalue weighted by Gasteiger charge is 2.26. The van der Waals surface area contributed by atoms with E-state index in [9.17, 15) is 19.5 Å². The summed E-state index contributed by atoms with van der Waals surface area (Å²) in [6.45, 7) is 5.77. The Labute approximate surface area is 224 Å². The van der Waals surface area contributed by atoms with Crippen molar-refractivity contribution < 1.29 is 29.0 Å². The normalized spacial score (nSPS) is 13.2. The molecule has 2 aromatic rings. The molecule has 202 valence electrons. The Balaban J connectivity index is 1.59. The Morgan fingerprint density at radius 2 is 1.71 bits per heavy atom. The van der Waals surface area contributed by atoms with Gasteiger partial charge in [0.1, 0.15) is 18.2 Å². The van der Waals surface area contributed by atoms with Gasteiger partial charge >= 0.3 is 18.2 Å². The summed E-state index contributed by atoms with van der Waals surface area (Å²) in [7, 11) is 0. The van der Waals surface area contributed by atoms with Crippen molar-refractivity contribution in [3.8, 4) is 11.8 Å². The number of carbonyl (C=O) groups is 3. The Kier molecular flexibility index (Phi) is 10.2. The van der Waals surface area contributed by atoms with E-state index in [4.69, 9.17) is 9.47 Å². The number of carbonyl (C=O) groups excluding carboxylic acids is 2. The summed E-state index contributed by atoms with van der Waals surface area (Å²) in [6.07, 6.45) is 3.17. The molecular weight excluding hydrogens is 484 g/mol. The fourth-order valence-corrected chi connectivity index (χ4v) is 4.28. The van der Waals surface area contributed by atoms with Crippen molar-refractivity contribution in [1.82, 2.24) is 10.6 Å². The van der Waals surface area contributed by atoms with E-state index in [-0.39, 0.29) is 13.0 Å². The predicted octanol–water partition coefficient (Wildman–Crippen LogP) is 4.75. The summed E-state index contributed by atoms with van der Waals surface area (Å²) in [6, 6.07) is 12.2. The average Bonchev–Trinajstić information content (AvgIpc) is 2.87. The van der Waals surface area contributed by atoms with Crippen LogP contribution in [0.3, 0.4) is 0 Å². The van der Waals surface area contributed by atoms with Crippen LogP contribution in [0.4, 0.5) is 9.59 Å². The number of rotatable bonds is 8. The van der Waals surface area contributed by atoms with Crippen molar-refractivity contribution in [2.24, 2.45) is 0 Å². The van der Waals surface area contributed by atoms with Gasteiger partial charge in [0.25, 0.3) is 0 Å². The Morgan fingerprint density at radius 1 is 1.00 bits per heavy atom. The second-order valence-corrected chi connectivity index (χ2v) is 10.2. The first kappa shape index (κ1) is 28.6. The molecule has 8 heteroatoms. The van der Waals surface area contributed by atoms with Gasteiger partial charge in [0, 0.05) is 24.9 Å². The molecule has 0 aromatic heterocycles. The summed E-state index contributed by atoms with van der Waals surface area (Å²) >= 11 is 0. The Morgan fingerprint density at radius 3 is 2.39 bits per heavy atom. The van der Waals surface area contributed by atoms with Crippen LogP contribution in [0.15, 0.2) is 42.5 Å². The summed E-state index contributed by atoms with van der Waals surface area (Å²) in [5.41, 5.74) is 4.27. The van der Waals surface area contributed by atoms with E-state index in [0.717, 1.165) is 53.5 Å². The molecule has 0 bridgehead atoms. The third kappa shape index (κ3) is 9.15. The third-order valence-electron chi connectivity index (χ3n) is 6.00. The molecule has 38 heavy (non-hydrogen) atoms. The Bertz CT molecular complexity index is 1190. The summed E-state index contributed by atoms with van der Waals surface area (Å²) in [5.74, 6) is 5.22. The van der Waals surface area contributed by atoms with Crippen molar-refractivity contribution >= 4 is 18.2 Å². The van der Waals surface area contributed by atoms with Gasteiger partial charge in [-0.2, -0.15) is 0 Å². The number of fused-ring (bicyclic) bond motifs is 1. The maximum atomic E-state index is 12.2. The molecule has 1 atom stereocenters. The molecule has 3 rings (SSSR count). The van der Waals surface area contributed by atoms with Gasteiger partial charge < -0.3 is 25.2 Å². The first-order valence-corrected chi connectivity index (χ1v) is 12.9. The van der Waals surface area contributed by atoms with Crippen LogP contribution in [0.2, 0.25) is 0 Å².